The molecule has 6 heteroatoms. The highest BCUT2D eigenvalue weighted by molar-refractivity contribution is 5.82. The molecule has 1 aliphatic heterocycles. The number of hydrogen-bond acceptors (Lipinski definition) is 3. The number of aliphatic carboxylic acids is 1. The third-order valence-corrected chi connectivity index (χ3v) is 3.38. The summed E-state index contributed by atoms with van der Waals surface area (Å²) in [5.41, 5.74) is 0. The lowest BCUT2D eigenvalue weighted by Gasteiger charge is -2.35. The number of rotatable bonds is 3. The van der Waals surface area contributed by atoms with E-state index in [0.29, 0.717) is 13.1 Å². The second-order valence-corrected chi connectivity index (χ2v) is 4.52. The topological polar surface area (TPSA) is 81.1 Å². The zero-order valence-corrected chi connectivity index (χ0v) is 10.3. The van der Waals surface area contributed by atoms with Crippen molar-refractivity contribution < 1.29 is 19.8 Å². The normalized spacial score (nSPS) is 18.9. The molecular formula is C11H20N2O4. The van der Waals surface area contributed by atoms with Crippen molar-refractivity contribution in [3.8, 4) is 0 Å². The standard InChI is InChI=1S/C11H20N2O4/c1-8(10(15)16)12(2)11(17)13-5-3-9(7-14)4-6-13/h8-9,14H,3-7H2,1-2H3,(H,15,16). The second kappa shape index (κ2) is 5.86. The van der Waals surface area contributed by atoms with Crippen LogP contribution in [-0.4, -0.2) is 64.8 Å². The van der Waals surface area contributed by atoms with E-state index in [-0.39, 0.29) is 18.6 Å². The predicted octanol–water partition coefficient (Wildman–Crippen LogP) is 0.216. The quantitative estimate of drug-likeness (QED) is 0.744. The van der Waals surface area contributed by atoms with Crippen molar-refractivity contribution in [2.75, 3.05) is 26.7 Å². The number of piperidine rings is 1. The first-order valence-corrected chi connectivity index (χ1v) is 5.82. The summed E-state index contributed by atoms with van der Waals surface area (Å²) in [6, 6.07) is -1.07. The first-order chi connectivity index (χ1) is 7.97. The maximum absolute atomic E-state index is 12.0. The third-order valence-electron chi connectivity index (χ3n) is 3.38. The number of hydrogen-bond donors (Lipinski definition) is 2. The molecule has 2 N–H and O–H groups in total. The molecule has 0 aromatic carbocycles. The molecule has 1 heterocycles. The van der Waals surface area contributed by atoms with E-state index in [0.717, 1.165) is 12.8 Å². The molecular weight excluding hydrogens is 224 g/mol. The first kappa shape index (κ1) is 13.8. The highest BCUT2D eigenvalue weighted by Crippen LogP contribution is 2.17. The van der Waals surface area contributed by atoms with Crippen molar-refractivity contribution in [3.05, 3.63) is 0 Å². The van der Waals surface area contributed by atoms with Gasteiger partial charge >= 0.3 is 12.0 Å². The number of urea groups is 1. The van der Waals surface area contributed by atoms with E-state index < -0.39 is 12.0 Å². The fourth-order valence-corrected chi connectivity index (χ4v) is 1.86. The summed E-state index contributed by atoms with van der Waals surface area (Å²) in [6.07, 6.45) is 1.55. The highest BCUT2D eigenvalue weighted by Gasteiger charge is 2.28. The molecule has 1 fully saturated rings. The van der Waals surface area contributed by atoms with E-state index in [4.69, 9.17) is 10.2 Å². The zero-order valence-electron chi connectivity index (χ0n) is 10.3. The summed E-state index contributed by atoms with van der Waals surface area (Å²) >= 11 is 0. The molecule has 1 rings (SSSR count). The number of nitrogens with zero attached hydrogens (tertiary/aromatic N) is 2. The van der Waals surface area contributed by atoms with Gasteiger partial charge in [0.25, 0.3) is 0 Å². The molecule has 0 saturated carbocycles. The molecule has 0 spiro atoms. The van der Waals surface area contributed by atoms with Gasteiger partial charge in [-0.25, -0.2) is 9.59 Å². The largest absolute Gasteiger partial charge is 0.480 e. The molecule has 0 aromatic rings. The smallest absolute Gasteiger partial charge is 0.326 e. The van der Waals surface area contributed by atoms with Crippen LogP contribution in [0.2, 0.25) is 0 Å². The Morgan fingerprint density at radius 1 is 1.41 bits per heavy atom. The predicted molar refractivity (Wildman–Crippen MR) is 61.6 cm³/mol. The lowest BCUT2D eigenvalue weighted by Crippen LogP contribution is -2.50. The SMILES string of the molecule is CC(C(=O)O)N(C)C(=O)N1CCC(CO)CC1. The lowest BCUT2D eigenvalue weighted by atomic mass is 9.98. The van der Waals surface area contributed by atoms with Crippen molar-refractivity contribution in [2.24, 2.45) is 5.92 Å². The minimum atomic E-state index is -1.01. The molecule has 1 atom stereocenters. The molecule has 2 amide bonds. The van der Waals surface area contributed by atoms with Crippen LogP contribution in [0.25, 0.3) is 0 Å². The van der Waals surface area contributed by atoms with E-state index in [2.05, 4.69) is 0 Å². The van der Waals surface area contributed by atoms with Gasteiger partial charge in [-0.3, -0.25) is 0 Å². The zero-order chi connectivity index (χ0) is 13.0. The van der Waals surface area contributed by atoms with Gasteiger partial charge in [-0.15, -0.1) is 0 Å². The molecule has 1 aliphatic rings. The highest BCUT2D eigenvalue weighted by atomic mass is 16.4. The molecule has 98 valence electrons. The first-order valence-electron chi connectivity index (χ1n) is 5.82. The van der Waals surface area contributed by atoms with Gasteiger partial charge in [-0.05, 0) is 25.7 Å². The van der Waals surface area contributed by atoms with Crippen molar-refractivity contribution in [3.63, 3.8) is 0 Å². The van der Waals surface area contributed by atoms with Crippen molar-refractivity contribution in [2.45, 2.75) is 25.8 Å². The van der Waals surface area contributed by atoms with Crippen LogP contribution in [0.5, 0.6) is 0 Å². The molecule has 0 aliphatic carbocycles. The third kappa shape index (κ3) is 3.33. The van der Waals surface area contributed by atoms with Crippen LogP contribution < -0.4 is 0 Å². The maximum Gasteiger partial charge on any atom is 0.326 e. The minimum absolute atomic E-state index is 0.156. The molecule has 1 saturated heterocycles. The Bertz CT molecular complexity index is 287. The number of carboxylic acid groups (broad SMARTS) is 1. The van der Waals surface area contributed by atoms with Crippen LogP contribution in [0.1, 0.15) is 19.8 Å². The Balaban J connectivity index is 2.51. The van der Waals surface area contributed by atoms with E-state index in [1.54, 1.807) is 4.90 Å². The lowest BCUT2D eigenvalue weighted by molar-refractivity contribution is -0.141. The Kier molecular flexibility index (Phi) is 4.74. The fraction of sp³-hybridized carbons (Fsp3) is 0.818. The van der Waals surface area contributed by atoms with Gasteiger partial charge < -0.3 is 20.0 Å². The van der Waals surface area contributed by atoms with Gasteiger partial charge in [0.2, 0.25) is 0 Å². The molecule has 0 aromatic heterocycles. The van der Waals surface area contributed by atoms with Crippen molar-refractivity contribution in [1.29, 1.82) is 0 Å². The average Bonchev–Trinajstić information content (AvgIpc) is 2.36. The van der Waals surface area contributed by atoms with Gasteiger partial charge in [0.15, 0.2) is 0 Å². The Morgan fingerprint density at radius 3 is 2.35 bits per heavy atom. The molecule has 0 radical (unpaired) electrons. The number of amides is 2. The van der Waals surface area contributed by atoms with Gasteiger partial charge in [0.1, 0.15) is 6.04 Å². The van der Waals surface area contributed by atoms with Crippen molar-refractivity contribution in [1.82, 2.24) is 9.80 Å². The Hall–Kier alpha value is -1.30. The van der Waals surface area contributed by atoms with Crippen molar-refractivity contribution >= 4 is 12.0 Å². The Labute approximate surface area is 101 Å². The van der Waals surface area contributed by atoms with Crippen LogP contribution in [0.15, 0.2) is 0 Å². The summed E-state index contributed by atoms with van der Waals surface area (Å²) in [4.78, 5) is 25.6. The number of likely N-dealkylation sites (tertiary alicyclic amines) is 1. The van der Waals surface area contributed by atoms with Crippen LogP contribution >= 0.6 is 0 Å². The average molecular weight is 244 g/mol. The van der Waals surface area contributed by atoms with Gasteiger partial charge in [-0.1, -0.05) is 0 Å². The second-order valence-electron chi connectivity index (χ2n) is 4.52. The summed E-state index contributed by atoms with van der Waals surface area (Å²) in [5.74, 6) is -0.743. The molecule has 1 unspecified atom stereocenters. The van der Waals surface area contributed by atoms with E-state index >= 15 is 0 Å². The van der Waals surface area contributed by atoms with E-state index in [1.165, 1.54) is 18.9 Å². The molecule has 0 bridgehead atoms. The van der Waals surface area contributed by atoms with E-state index in [1.807, 2.05) is 0 Å². The number of likely N-dealkylation sites (N-methyl/N-ethyl adjacent to an activating group) is 1. The summed E-state index contributed by atoms with van der Waals surface area (Å²) in [6.45, 7) is 2.81. The summed E-state index contributed by atoms with van der Waals surface area (Å²) in [7, 11) is 1.50. The minimum Gasteiger partial charge on any atom is -0.480 e. The summed E-state index contributed by atoms with van der Waals surface area (Å²) in [5, 5.41) is 17.8. The van der Waals surface area contributed by atoms with Crippen LogP contribution in [0.4, 0.5) is 4.79 Å². The fourth-order valence-electron chi connectivity index (χ4n) is 1.86. The number of carbonyl (C=O) groups is 2. The maximum atomic E-state index is 12.0. The number of aliphatic hydroxyl groups excluding tert-OH is 1. The van der Waals surface area contributed by atoms with Crippen LogP contribution in [-0.2, 0) is 4.79 Å². The van der Waals surface area contributed by atoms with Crippen LogP contribution in [0.3, 0.4) is 0 Å². The van der Waals surface area contributed by atoms with Gasteiger partial charge in [0, 0.05) is 26.7 Å². The van der Waals surface area contributed by atoms with Crippen LogP contribution in [0, 0.1) is 5.92 Å². The molecule has 6 nitrogen and oxygen atoms in total. The monoisotopic (exact) mass is 244 g/mol. The molecule has 17 heavy (non-hydrogen) atoms. The number of carbonyl (C=O) groups excluding carboxylic acids is 1. The number of carboxylic acids is 1. The van der Waals surface area contributed by atoms with Gasteiger partial charge in [-0.2, -0.15) is 0 Å². The number of aliphatic hydroxyl groups is 1. The van der Waals surface area contributed by atoms with E-state index in [9.17, 15) is 9.59 Å². The Morgan fingerprint density at radius 2 is 1.94 bits per heavy atom. The summed E-state index contributed by atoms with van der Waals surface area (Å²) < 4.78 is 0. The van der Waals surface area contributed by atoms with Gasteiger partial charge in [0.05, 0.1) is 0 Å².